The van der Waals surface area contributed by atoms with Crippen LogP contribution in [0.2, 0.25) is 0 Å². The van der Waals surface area contributed by atoms with Gasteiger partial charge in [-0.1, -0.05) is 60.7 Å². The van der Waals surface area contributed by atoms with Gasteiger partial charge in [-0.2, -0.15) is 0 Å². The number of hydrogen-bond acceptors (Lipinski definition) is 3. The minimum Gasteiger partial charge on any atom is -0.289 e. The van der Waals surface area contributed by atoms with Gasteiger partial charge in [0, 0.05) is 5.56 Å². The summed E-state index contributed by atoms with van der Waals surface area (Å²) in [7, 11) is 0. The molecule has 0 aromatic heterocycles. The van der Waals surface area contributed by atoms with E-state index >= 15 is 0 Å². The van der Waals surface area contributed by atoms with Crippen molar-refractivity contribution in [3.05, 3.63) is 84.0 Å². The SMILES string of the molecule is O=C(/C=C/c1ccccc1)c1cccc(N2C(=O)[C@@H]3[C@@H](C2=O)[C@H]2C=C[C@@H]3C2)c1. The lowest BCUT2D eigenvalue weighted by Crippen LogP contribution is -2.32. The molecule has 138 valence electrons. The van der Waals surface area contributed by atoms with Gasteiger partial charge in [0.15, 0.2) is 5.78 Å². The van der Waals surface area contributed by atoms with E-state index in [2.05, 4.69) is 12.2 Å². The predicted molar refractivity (Wildman–Crippen MR) is 106 cm³/mol. The van der Waals surface area contributed by atoms with Crippen molar-refractivity contribution >= 4 is 29.4 Å². The van der Waals surface area contributed by atoms with Gasteiger partial charge in [-0.25, -0.2) is 4.90 Å². The number of fused-ring (bicyclic) bond motifs is 5. The monoisotopic (exact) mass is 369 g/mol. The van der Waals surface area contributed by atoms with E-state index in [9.17, 15) is 14.4 Å². The molecule has 1 saturated heterocycles. The number of benzene rings is 2. The Bertz CT molecular complexity index is 1010. The molecule has 0 unspecified atom stereocenters. The van der Waals surface area contributed by atoms with Crippen LogP contribution in [0.3, 0.4) is 0 Å². The van der Waals surface area contributed by atoms with E-state index in [0.29, 0.717) is 11.3 Å². The summed E-state index contributed by atoms with van der Waals surface area (Å²) in [5.41, 5.74) is 1.89. The molecule has 2 aliphatic carbocycles. The maximum atomic E-state index is 13.0. The van der Waals surface area contributed by atoms with Crippen molar-refractivity contribution in [3.63, 3.8) is 0 Å². The first-order valence-corrected chi connectivity index (χ1v) is 9.57. The minimum absolute atomic E-state index is 0.128. The molecular weight excluding hydrogens is 350 g/mol. The summed E-state index contributed by atoms with van der Waals surface area (Å²) in [5, 5.41) is 0. The third-order valence-corrected chi connectivity index (χ3v) is 6.09. The van der Waals surface area contributed by atoms with Crippen molar-refractivity contribution in [1.29, 1.82) is 0 Å². The molecule has 0 radical (unpaired) electrons. The molecule has 5 rings (SSSR count). The molecule has 2 aromatic rings. The fraction of sp³-hybridized carbons (Fsp3) is 0.208. The van der Waals surface area contributed by atoms with E-state index in [1.54, 1.807) is 30.3 Å². The second-order valence-corrected chi connectivity index (χ2v) is 7.67. The Morgan fingerprint density at radius 3 is 2.25 bits per heavy atom. The van der Waals surface area contributed by atoms with Crippen molar-refractivity contribution in [2.24, 2.45) is 23.7 Å². The Hall–Kier alpha value is -3.27. The Morgan fingerprint density at radius 2 is 1.57 bits per heavy atom. The number of ketones is 1. The van der Waals surface area contributed by atoms with Gasteiger partial charge in [-0.3, -0.25) is 14.4 Å². The zero-order valence-electron chi connectivity index (χ0n) is 15.2. The molecule has 0 spiro atoms. The Kier molecular flexibility index (Phi) is 3.86. The third-order valence-electron chi connectivity index (χ3n) is 6.09. The summed E-state index contributed by atoms with van der Waals surface area (Å²) in [6.45, 7) is 0. The quantitative estimate of drug-likeness (QED) is 0.356. The molecule has 3 aliphatic rings. The van der Waals surface area contributed by atoms with E-state index in [4.69, 9.17) is 0 Å². The van der Waals surface area contributed by atoms with Gasteiger partial charge >= 0.3 is 0 Å². The minimum atomic E-state index is -0.236. The number of anilines is 1. The molecule has 2 amide bonds. The van der Waals surface area contributed by atoms with E-state index in [1.165, 1.54) is 11.0 Å². The highest BCUT2D eigenvalue weighted by Gasteiger charge is 2.59. The second kappa shape index (κ2) is 6.41. The van der Waals surface area contributed by atoms with E-state index in [-0.39, 0.29) is 41.3 Å². The maximum Gasteiger partial charge on any atom is 0.238 e. The molecule has 4 atom stereocenters. The molecule has 1 saturated carbocycles. The smallest absolute Gasteiger partial charge is 0.238 e. The number of nitrogens with zero attached hydrogens (tertiary/aromatic N) is 1. The summed E-state index contributed by atoms with van der Waals surface area (Å²) in [6, 6.07) is 16.4. The number of hydrogen-bond donors (Lipinski definition) is 0. The Balaban J connectivity index is 1.41. The standard InChI is InChI=1S/C24H19NO3/c26-20(12-9-15-5-2-1-3-6-15)16-7-4-8-19(14-16)25-23(27)21-17-10-11-18(13-17)22(21)24(25)28/h1-12,14,17-18,21-22H,13H2/b12-9+/t17-,18+,21-,22-/m0/s1. The second-order valence-electron chi connectivity index (χ2n) is 7.67. The Labute approximate surface area is 163 Å². The van der Waals surface area contributed by atoms with E-state index < -0.39 is 0 Å². The van der Waals surface area contributed by atoms with Gasteiger partial charge in [-0.15, -0.1) is 0 Å². The van der Waals surface area contributed by atoms with Gasteiger partial charge in [0.1, 0.15) is 0 Å². The Morgan fingerprint density at radius 1 is 0.893 bits per heavy atom. The van der Waals surface area contributed by atoms with E-state index in [0.717, 1.165) is 12.0 Å². The topological polar surface area (TPSA) is 54.5 Å². The van der Waals surface area contributed by atoms with Gasteiger partial charge in [0.2, 0.25) is 11.8 Å². The summed E-state index contributed by atoms with van der Waals surface area (Å²) in [5.74, 6) is -0.538. The number of allylic oxidation sites excluding steroid dienone is 3. The fourth-order valence-electron chi connectivity index (χ4n) is 4.79. The van der Waals surface area contributed by atoms with Crippen LogP contribution in [0.4, 0.5) is 5.69 Å². The first-order chi connectivity index (χ1) is 13.6. The molecule has 4 nitrogen and oxygen atoms in total. The molecular formula is C24H19NO3. The van der Waals surface area contributed by atoms with Gasteiger partial charge in [0.25, 0.3) is 0 Å². The van der Waals surface area contributed by atoms with Crippen LogP contribution in [0.5, 0.6) is 0 Å². The number of carbonyl (C=O) groups is 3. The molecule has 2 fully saturated rings. The van der Waals surface area contributed by atoms with Crippen LogP contribution in [0.1, 0.15) is 22.3 Å². The first-order valence-electron chi connectivity index (χ1n) is 9.57. The van der Waals surface area contributed by atoms with Crippen molar-refractivity contribution in [2.75, 3.05) is 4.90 Å². The van der Waals surface area contributed by atoms with Crippen LogP contribution in [0.15, 0.2) is 72.8 Å². The molecule has 4 heteroatoms. The fourth-order valence-corrected chi connectivity index (χ4v) is 4.79. The van der Waals surface area contributed by atoms with Crippen molar-refractivity contribution in [3.8, 4) is 0 Å². The molecule has 0 N–H and O–H groups in total. The lowest BCUT2D eigenvalue weighted by molar-refractivity contribution is -0.123. The molecule has 1 heterocycles. The van der Waals surface area contributed by atoms with Crippen LogP contribution in [0, 0.1) is 23.7 Å². The zero-order valence-corrected chi connectivity index (χ0v) is 15.2. The zero-order chi connectivity index (χ0) is 19.3. The van der Waals surface area contributed by atoms with Crippen molar-refractivity contribution < 1.29 is 14.4 Å². The highest BCUT2D eigenvalue weighted by atomic mass is 16.2. The molecule has 1 aliphatic heterocycles. The first kappa shape index (κ1) is 16.9. The van der Waals surface area contributed by atoms with Crippen molar-refractivity contribution in [2.45, 2.75) is 6.42 Å². The average Bonchev–Trinajstić information content (AvgIpc) is 3.41. The third kappa shape index (κ3) is 2.56. The summed E-state index contributed by atoms with van der Waals surface area (Å²) >= 11 is 0. The summed E-state index contributed by atoms with van der Waals surface area (Å²) in [4.78, 5) is 39.8. The van der Waals surface area contributed by atoms with Gasteiger partial charge in [0.05, 0.1) is 17.5 Å². The summed E-state index contributed by atoms with van der Waals surface area (Å²) < 4.78 is 0. The molecule has 28 heavy (non-hydrogen) atoms. The normalized spacial score (nSPS) is 27.8. The average molecular weight is 369 g/mol. The van der Waals surface area contributed by atoms with E-state index in [1.807, 2.05) is 30.3 Å². The van der Waals surface area contributed by atoms with Crippen LogP contribution in [-0.2, 0) is 9.59 Å². The number of amides is 2. The van der Waals surface area contributed by atoms with Gasteiger partial charge < -0.3 is 0 Å². The van der Waals surface area contributed by atoms with Crippen LogP contribution < -0.4 is 4.90 Å². The molecule has 2 bridgehead atoms. The lowest BCUT2D eigenvalue weighted by atomic mass is 9.85. The lowest BCUT2D eigenvalue weighted by Gasteiger charge is -2.17. The molecule has 2 aromatic carbocycles. The van der Waals surface area contributed by atoms with Crippen LogP contribution in [-0.4, -0.2) is 17.6 Å². The predicted octanol–water partition coefficient (Wildman–Crippen LogP) is 3.89. The largest absolute Gasteiger partial charge is 0.289 e. The van der Waals surface area contributed by atoms with Crippen LogP contribution >= 0.6 is 0 Å². The maximum absolute atomic E-state index is 13.0. The highest BCUT2D eigenvalue weighted by Crippen LogP contribution is 2.53. The number of carbonyl (C=O) groups excluding carboxylic acids is 3. The number of imide groups is 1. The van der Waals surface area contributed by atoms with Crippen LogP contribution in [0.25, 0.3) is 6.08 Å². The highest BCUT2D eigenvalue weighted by molar-refractivity contribution is 6.23. The van der Waals surface area contributed by atoms with Gasteiger partial charge in [-0.05, 0) is 42.0 Å². The van der Waals surface area contributed by atoms with Crippen molar-refractivity contribution in [1.82, 2.24) is 0 Å². The summed E-state index contributed by atoms with van der Waals surface area (Å²) in [6.07, 6.45) is 8.34. The number of rotatable bonds is 4.